The molecule has 3 aromatic rings. The first-order valence-corrected chi connectivity index (χ1v) is 10.5. The monoisotopic (exact) mass is 465 g/mol. The lowest BCUT2D eigenvalue weighted by molar-refractivity contribution is -0.143. The van der Waals surface area contributed by atoms with Crippen molar-refractivity contribution in [2.75, 3.05) is 20.8 Å². The zero-order valence-corrected chi connectivity index (χ0v) is 19.0. The Hall–Kier alpha value is -3.77. The molecule has 0 radical (unpaired) electrons. The lowest BCUT2D eigenvalue weighted by Crippen LogP contribution is -2.32. The van der Waals surface area contributed by atoms with E-state index in [1.54, 1.807) is 43.5 Å². The van der Waals surface area contributed by atoms with Gasteiger partial charge in [0.05, 0.1) is 20.3 Å². The van der Waals surface area contributed by atoms with Gasteiger partial charge in [-0.2, -0.15) is 0 Å². The van der Waals surface area contributed by atoms with Gasteiger partial charge in [0.25, 0.3) is 5.91 Å². The summed E-state index contributed by atoms with van der Waals surface area (Å²) in [6.07, 6.45) is 2.82. The van der Waals surface area contributed by atoms with Crippen molar-refractivity contribution < 1.29 is 23.8 Å². The zero-order valence-electron chi connectivity index (χ0n) is 18.3. The molecule has 0 aliphatic carbocycles. The van der Waals surface area contributed by atoms with E-state index in [1.165, 1.54) is 13.2 Å². The molecule has 1 N–H and O–H groups in total. The SMILES string of the molecule is COc1ccc(/C=C/C(=O)OCC(=O)NC(c2ccccc2)c2ccc(Cl)cc2)cc1OC. The number of halogens is 1. The summed E-state index contributed by atoms with van der Waals surface area (Å²) in [4.78, 5) is 24.6. The summed E-state index contributed by atoms with van der Waals surface area (Å²) in [6, 6.07) is 21.6. The molecule has 0 spiro atoms. The van der Waals surface area contributed by atoms with E-state index < -0.39 is 24.5 Å². The van der Waals surface area contributed by atoms with E-state index >= 15 is 0 Å². The fourth-order valence-electron chi connectivity index (χ4n) is 3.17. The van der Waals surface area contributed by atoms with Gasteiger partial charge in [-0.3, -0.25) is 4.79 Å². The Morgan fingerprint density at radius 2 is 1.58 bits per heavy atom. The summed E-state index contributed by atoms with van der Waals surface area (Å²) in [7, 11) is 3.08. The molecule has 1 unspecified atom stereocenters. The van der Waals surface area contributed by atoms with Crippen LogP contribution in [0.4, 0.5) is 0 Å². The first-order chi connectivity index (χ1) is 16.0. The van der Waals surface area contributed by atoms with Gasteiger partial charge in [0.2, 0.25) is 0 Å². The summed E-state index contributed by atoms with van der Waals surface area (Å²) in [6.45, 7) is -0.411. The smallest absolute Gasteiger partial charge is 0.331 e. The molecule has 0 saturated carbocycles. The molecule has 0 aliphatic rings. The van der Waals surface area contributed by atoms with Crippen LogP contribution in [0.3, 0.4) is 0 Å². The topological polar surface area (TPSA) is 73.9 Å². The summed E-state index contributed by atoms with van der Waals surface area (Å²) in [5.74, 6) is 0.0680. The highest BCUT2D eigenvalue weighted by atomic mass is 35.5. The van der Waals surface area contributed by atoms with Crippen LogP contribution in [0.15, 0.2) is 78.9 Å². The van der Waals surface area contributed by atoms with Gasteiger partial charge in [-0.1, -0.05) is 60.1 Å². The highest BCUT2D eigenvalue weighted by Gasteiger charge is 2.17. The lowest BCUT2D eigenvalue weighted by atomic mass is 9.99. The van der Waals surface area contributed by atoms with Crippen molar-refractivity contribution in [1.29, 1.82) is 0 Å². The van der Waals surface area contributed by atoms with Crippen LogP contribution in [-0.4, -0.2) is 32.7 Å². The molecule has 3 rings (SSSR count). The standard InChI is InChI=1S/C26H24ClNO5/c1-31-22-14-8-18(16-23(22)32-2)9-15-25(30)33-17-24(29)28-26(19-6-4-3-5-7-19)20-10-12-21(27)13-11-20/h3-16,26H,17H2,1-2H3,(H,28,29)/b15-9+. The molecule has 3 aromatic carbocycles. The van der Waals surface area contributed by atoms with Crippen LogP contribution in [0.2, 0.25) is 5.02 Å². The van der Waals surface area contributed by atoms with Crippen LogP contribution in [-0.2, 0) is 14.3 Å². The number of esters is 1. The Kier molecular flexibility index (Phi) is 8.49. The van der Waals surface area contributed by atoms with Crippen molar-refractivity contribution in [1.82, 2.24) is 5.32 Å². The van der Waals surface area contributed by atoms with Gasteiger partial charge in [0, 0.05) is 11.1 Å². The summed E-state index contributed by atoms with van der Waals surface area (Å²) in [5, 5.41) is 3.52. The van der Waals surface area contributed by atoms with Crippen LogP contribution in [0.25, 0.3) is 6.08 Å². The van der Waals surface area contributed by atoms with Gasteiger partial charge in [-0.25, -0.2) is 4.79 Å². The summed E-state index contributed by atoms with van der Waals surface area (Å²) in [5.41, 5.74) is 2.48. The first-order valence-electron chi connectivity index (χ1n) is 10.2. The minimum Gasteiger partial charge on any atom is -0.493 e. The number of ether oxygens (including phenoxy) is 3. The predicted octanol–water partition coefficient (Wildman–Crippen LogP) is 4.82. The van der Waals surface area contributed by atoms with Gasteiger partial charge < -0.3 is 19.5 Å². The lowest BCUT2D eigenvalue weighted by Gasteiger charge is -2.20. The number of nitrogens with one attached hydrogen (secondary N) is 1. The van der Waals surface area contributed by atoms with Crippen molar-refractivity contribution in [3.05, 3.63) is 101 Å². The van der Waals surface area contributed by atoms with E-state index in [0.29, 0.717) is 16.5 Å². The Morgan fingerprint density at radius 3 is 2.24 bits per heavy atom. The molecule has 6 nitrogen and oxygen atoms in total. The van der Waals surface area contributed by atoms with Crippen molar-refractivity contribution in [3.8, 4) is 11.5 Å². The quantitative estimate of drug-likeness (QED) is 0.362. The largest absolute Gasteiger partial charge is 0.493 e. The van der Waals surface area contributed by atoms with E-state index in [9.17, 15) is 9.59 Å². The predicted molar refractivity (Wildman–Crippen MR) is 127 cm³/mol. The third-order valence-electron chi connectivity index (χ3n) is 4.81. The van der Waals surface area contributed by atoms with Crippen LogP contribution in [0.5, 0.6) is 11.5 Å². The van der Waals surface area contributed by atoms with Gasteiger partial charge in [0.1, 0.15) is 0 Å². The highest BCUT2D eigenvalue weighted by molar-refractivity contribution is 6.30. The second kappa shape index (κ2) is 11.7. The number of hydrogen-bond donors (Lipinski definition) is 1. The third kappa shape index (κ3) is 6.85. The number of carbonyl (C=O) groups is 2. The highest BCUT2D eigenvalue weighted by Crippen LogP contribution is 2.28. The van der Waals surface area contributed by atoms with Crippen LogP contribution >= 0.6 is 11.6 Å². The number of benzene rings is 3. The summed E-state index contributed by atoms with van der Waals surface area (Å²) >= 11 is 5.99. The van der Waals surface area contributed by atoms with Crippen LogP contribution in [0, 0.1) is 0 Å². The molecule has 7 heteroatoms. The third-order valence-corrected chi connectivity index (χ3v) is 5.06. The minimum atomic E-state index is -0.636. The number of amides is 1. The molecule has 0 heterocycles. The van der Waals surface area contributed by atoms with Crippen molar-refractivity contribution >= 4 is 29.6 Å². The fraction of sp³-hybridized carbons (Fsp3) is 0.154. The zero-order chi connectivity index (χ0) is 23.6. The Labute approximate surface area is 197 Å². The number of hydrogen-bond acceptors (Lipinski definition) is 5. The van der Waals surface area contributed by atoms with E-state index in [2.05, 4.69) is 5.32 Å². The van der Waals surface area contributed by atoms with E-state index in [0.717, 1.165) is 16.7 Å². The first kappa shape index (κ1) is 23.9. The van der Waals surface area contributed by atoms with E-state index in [1.807, 2.05) is 42.5 Å². The second-order valence-corrected chi connectivity index (χ2v) is 7.45. The van der Waals surface area contributed by atoms with Crippen molar-refractivity contribution in [2.24, 2.45) is 0 Å². The average Bonchev–Trinajstić information content (AvgIpc) is 2.85. The van der Waals surface area contributed by atoms with Crippen molar-refractivity contribution in [2.45, 2.75) is 6.04 Å². The molecule has 1 amide bonds. The molecule has 0 aliphatic heterocycles. The Bertz CT molecular complexity index is 1110. The average molecular weight is 466 g/mol. The molecule has 0 saturated heterocycles. The molecule has 0 bridgehead atoms. The second-order valence-electron chi connectivity index (χ2n) is 7.02. The van der Waals surface area contributed by atoms with Gasteiger partial charge in [0.15, 0.2) is 18.1 Å². The maximum atomic E-state index is 12.5. The molecular weight excluding hydrogens is 442 g/mol. The Morgan fingerprint density at radius 1 is 0.909 bits per heavy atom. The normalized spacial score (nSPS) is 11.6. The molecular formula is C26H24ClNO5. The summed E-state index contributed by atoms with van der Waals surface area (Å²) < 4.78 is 15.5. The van der Waals surface area contributed by atoms with E-state index in [4.69, 9.17) is 25.8 Å². The van der Waals surface area contributed by atoms with Crippen LogP contribution < -0.4 is 14.8 Å². The number of methoxy groups -OCH3 is 2. The number of rotatable bonds is 9. The van der Waals surface area contributed by atoms with Crippen molar-refractivity contribution in [3.63, 3.8) is 0 Å². The van der Waals surface area contributed by atoms with Crippen LogP contribution in [0.1, 0.15) is 22.7 Å². The van der Waals surface area contributed by atoms with Gasteiger partial charge >= 0.3 is 5.97 Å². The molecule has 0 aromatic heterocycles. The fourth-order valence-corrected chi connectivity index (χ4v) is 3.29. The van der Waals surface area contributed by atoms with Gasteiger partial charge in [-0.05, 0) is 47.0 Å². The van der Waals surface area contributed by atoms with Gasteiger partial charge in [-0.15, -0.1) is 0 Å². The molecule has 1 atom stereocenters. The minimum absolute atomic E-state index is 0.406. The maximum absolute atomic E-state index is 12.5. The Balaban J connectivity index is 1.61. The number of carbonyl (C=O) groups excluding carboxylic acids is 2. The molecule has 0 fully saturated rings. The maximum Gasteiger partial charge on any atom is 0.331 e. The molecule has 170 valence electrons. The van der Waals surface area contributed by atoms with E-state index in [-0.39, 0.29) is 0 Å². The molecule has 33 heavy (non-hydrogen) atoms.